The summed E-state index contributed by atoms with van der Waals surface area (Å²) in [7, 11) is 0. The third-order valence-corrected chi connectivity index (χ3v) is 3.75. The zero-order valence-corrected chi connectivity index (χ0v) is 12.8. The van der Waals surface area contributed by atoms with Crippen LogP contribution in [-0.2, 0) is 4.79 Å². The number of hydrogen-bond donors (Lipinski definition) is 2. The molecule has 2 rings (SSSR count). The van der Waals surface area contributed by atoms with Crippen LogP contribution in [-0.4, -0.2) is 29.2 Å². The highest BCUT2D eigenvalue weighted by molar-refractivity contribution is 7.99. The number of amides is 3. The van der Waals surface area contributed by atoms with E-state index in [1.807, 2.05) is 37.3 Å². The fraction of sp³-hybridized carbons (Fsp3) is 0.267. The number of fused-ring (bicyclic) bond motifs is 1. The molecule has 1 heterocycles. The van der Waals surface area contributed by atoms with Crippen molar-refractivity contribution in [1.29, 1.82) is 0 Å². The van der Waals surface area contributed by atoms with Crippen molar-refractivity contribution < 1.29 is 9.59 Å². The van der Waals surface area contributed by atoms with Crippen molar-refractivity contribution in [2.75, 3.05) is 12.3 Å². The molecule has 21 heavy (non-hydrogen) atoms. The minimum absolute atomic E-state index is 0.155. The van der Waals surface area contributed by atoms with Gasteiger partial charge in [0.1, 0.15) is 0 Å². The Labute approximate surface area is 127 Å². The zero-order valence-electron chi connectivity index (χ0n) is 12.0. The fourth-order valence-electron chi connectivity index (χ4n) is 1.90. The van der Waals surface area contributed by atoms with E-state index in [-0.39, 0.29) is 11.7 Å². The van der Waals surface area contributed by atoms with Gasteiger partial charge in [0.2, 0.25) is 5.91 Å². The second-order valence-corrected chi connectivity index (χ2v) is 5.49. The van der Waals surface area contributed by atoms with Crippen molar-refractivity contribution in [2.45, 2.75) is 18.9 Å². The minimum Gasteiger partial charge on any atom is -0.338 e. The maximum atomic E-state index is 11.6. The van der Waals surface area contributed by atoms with Crippen LogP contribution in [0.25, 0.3) is 10.9 Å². The summed E-state index contributed by atoms with van der Waals surface area (Å²) in [6.07, 6.45) is 0. The summed E-state index contributed by atoms with van der Waals surface area (Å²) in [6.45, 7) is 4.29. The zero-order chi connectivity index (χ0) is 15.2. The second kappa shape index (κ2) is 7.08. The molecule has 0 saturated heterocycles. The summed E-state index contributed by atoms with van der Waals surface area (Å²) in [5.74, 6) is -0.180. The van der Waals surface area contributed by atoms with Crippen molar-refractivity contribution in [1.82, 2.24) is 15.6 Å². The Morgan fingerprint density at radius 3 is 2.81 bits per heavy atom. The topological polar surface area (TPSA) is 71.1 Å². The van der Waals surface area contributed by atoms with Gasteiger partial charge in [0.15, 0.2) is 0 Å². The largest absolute Gasteiger partial charge is 0.338 e. The summed E-state index contributed by atoms with van der Waals surface area (Å²) in [5.41, 5.74) is 2.02. The lowest BCUT2D eigenvalue weighted by Gasteiger charge is -2.07. The SMILES string of the molecule is CCNC(=O)NC(=O)CSc1cc(C)c2ccccc2n1. The first-order valence-corrected chi connectivity index (χ1v) is 7.65. The van der Waals surface area contributed by atoms with E-state index in [1.54, 1.807) is 6.92 Å². The first kappa shape index (κ1) is 15.3. The fourth-order valence-corrected chi connectivity index (χ4v) is 2.67. The van der Waals surface area contributed by atoms with Crippen LogP contribution in [0.15, 0.2) is 35.4 Å². The normalized spacial score (nSPS) is 10.4. The number of carbonyl (C=O) groups excluding carboxylic acids is 2. The molecule has 1 aromatic heterocycles. The number of nitrogens with one attached hydrogen (secondary N) is 2. The lowest BCUT2D eigenvalue weighted by Crippen LogP contribution is -2.40. The minimum atomic E-state index is -0.467. The molecule has 3 amide bonds. The smallest absolute Gasteiger partial charge is 0.321 e. The third-order valence-electron chi connectivity index (χ3n) is 2.84. The predicted molar refractivity (Wildman–Crippen MR) is 84.4 cm³/mol. The Hall–Kier alpha value is -2.08. The van der Waals surface area contributed by atoms with Crippen LogP contribution in [0, 0.1) is 6.92 Å². The van der Waals surface area contributed by atoms with Gasteiger partial charge >= 0.3 is 6.03 Å². The Bertz CT molecular complexity index is 673. The molecule has 0 aliphatic carbocycles. The number of benzene rings is 1. The van der Waals surface area contributed by atoms with E-state index < -0.39 is 6.03 Å². The maximum absolute atomic E-state index is 11.6. The highest BCUT2D eigenvalue weighted by Crippen LogP contribution is 2.23. The number of aryl methyl sites for hydroxylation is 1. The van der Waals surface area contributed by atoms with Gasteiger partial charge in [-0.15, -0.1) is 0 Å². The summed E-state index contributed by atoms with van der Waals surface area (Å²) in [4.78, 5) is 27.4. The van der Waals surface area contributed by atoms with E-state index in [1.165, 1.54) is 11.8 Å². The second-order valence-electron chi connectivity index (χ2n) is 4.49. The third kappa shape index (κ3) is 4.19. The number of carbonyl (C=O) groups is 2. The Kier molecular flexibility index (Phi) is 5.16. The first-order chi connectivity index (χ1) is 10.1. The lowest BCUT2D eigenvalue weighted by atomic mass is 10.1. The van der Waals surface area contributed by atoms with E-state index in [0.29, 0.717) is 6.54 Å². The van der Waals surface area contributed by atoms with E-state index in [2.05, 4.69) is 15.6 Å². The molecular formula is C15H17N3O2S. The molecule has 110 valence electrons. The molecular weight excluding hydrogens is 286 g/mol. The number of hydrogen-bond acceptors (Lipinski definition) is 4. The number of pyridine rings is 1. The monoisotopic (exact) mass is 303 g/mol. The molecule has 0 unspecified atom stereocenters. The van der Waals surface area contributed by atoms with Crippen LogP contribution in [0.4, 0.5) is 4.79 Å². The predicted octanol–water partition coefficient (Wildman–Crippen LogP) is 2.48. The van der Waals surface area contributed by atoms with Crippen LogP contribution < -0.4 is 10.6 Å². The highest BCUT2D eigenvalue weighted by atomic mass is 32.2. The Morgan fingerprint density at radius 1 is 1.29 bits per heavy atom. The van der Waals surface area contributed by atoms with E-state index in [4.69, 9.17) is 0 Å². The molecule has 0 radical (unpaired) electrons. The molecule has 2 aromatic rings. The van der Waals surface area contributed by atoms with Crippen LogP contribution >= 0.6 is 11.8 Å². The number of nitrogens with zero attached hydrogens (tertiary/aromatic N) is 1. The van der Waals surface area contributed by atoms with Crippen LogP contribution in [0.3, 0.4) is 0 Å². The summed E-state index contributed by atoms with van der Waals surface area (Å²) in [6, 6.07) is 9.36. The number of imide groups is 1. The standard InChI is InChI=1S/C15H17N3O2S/c1-3-16-15(20)18-13(19)9-21-14-8-10(2)11-6-4-5-7-12(11)17-14/h4-8H,3,9H2,1-2H3,(H2,16,18,19,20). The lowest BCUT2D eigenvalue weighted by molar-refractivity contribution is -0.117. The van der Waals surface area contributed by atoms with Crippen molar-refractivity contribution in [3.8, 4) is 0 Å². The molecule has 0 spiro atoms. The van der Waals surface area contributed by atoms with Gasteiger partial charge in [-0.3, -0.25) is 10.1 Å². The van der Waals surface area contributed by atoms with Crippen molar-refractivity contribution in [3.05, 3.63) is 35.9 Å². The maximum Gasteiger partial charge on any atom is 0.321 e. The van der Waals surface area contributed by atoms with E-state index >= 15 is 0 Å². The van der Waals surface area contributed by atoms with Crippen LogP contribution in [0.5, 0.6) is 0 Å². The van der Waals surface area contributed by atoms with Crippen molar-refractivity contribution in [3.63, 3.8) is 0 Å². The van der Waals surface area contributed by atoms with Gasteiger partial charge in [-0.25, -0.2) is 9.78 Å². The number of para-hydroxylation sites is 1. The molecule has 0 aliphatic heterocycles. The number of rotatable bonds is 4. The van der Waals surface area contributed by atoms with Crippen molar-refractivity contribution >= 4 is 34.6 Å². The molecule has 0 atom stereocenters. The van der Waals surface area contributed by atoms with Gasteiger partial charge < -0.3 is 5.32 Å². The molecule has 0 saturated carbocycles. The Morgan fingerprint density at radius 2 is 2.05 bits per heavy atom. The molecule has 6 heteroatoms. The molecule has 0 bridgehead atoms. The molecule has 1 aromatic carbocycles. The number of urea groups is 1. The molecule has 0 aliphatic rings. The van der Waals surface area contributed by atoms with E-state index in [9.17, 15) is 9.59 Å². The van der Waals surface area contributed by atoms with Gasteiger partial charge in [-0.05, 0) is 31.5 Å². The van der Waals surface area contributed by atoms with E-state index in [0.717, 1.165) is 21.5 Å². The average Bonchev–Trinajstić information content (AvgIpc) is 2.45. The van der Waals surface area contributed by atoms with Gasteiger partial charge in [0.05, 0.1) is 16.3 Å². The quantitative estimate of drug-likeness (QED) is 0.851. The first-order valence-electron chi connectivity index (χ1n) is 6.67. The van der Waals surface area contributed by atoms with Crippen molar-refractivity contribution in [2.24, 2.45) is 0 Å². The molecule has 0 fully saturated rings. The summed E-state index contributed by atoms with van der Waals surface area (Å²) in [5, 5.41) is 6.66. The number of aromatic nitrogens is 1. The number of thioether (sulfide) groups is 1. The van der Waals surface area contributed by atoms with Gasteiger partial charge in [-0.1, -0.05) is 30.0 Å². The summed E-state index contributed by atoms with van der Waals surface area (Å²) < 4.78 is 0. The average molecular weight is 303 g/mol. The Balaban J connectivity index is 2.00. The van der Waals surface area contributed by atoms with Crippen LogP contribution in [0.1, 0.15) is 12.5 Å². The van der Waals surface area contributed by atoms with Crippen LogP contribution in [0.2, 0.25) is 0 Å². The molecule has 5 nitrogen and oxygen atoms in total. The molecule has 2 N–H and O–H groups in total. The van der Waals surface area contributed by atoms with Gasteiger partial charge in [0.25, 0.3) is 0 Å². The summed E-state index contributed by atoms with van der Waals surface area (Å²) >= 11 is 1.31. The highest BCUT2D eigenvalue weighted by Gasteiger charge is 2.09. The van der Waals surface area contributed by atoms with Gasteiger partial charge in [-0.2, -0.15) is 0 Å². The van der Waals surface area contributed by atoms with Gasteiger partial charge in [0, 0.05) is 11.9 Å².